The van der Waals surface area contributed by atoms with Gasteiger partial charge in [0, 0.05) is 0 Å². The molecule has 4 nitrogen and oxygen atoms in total. The molecule has 2 N–H and O–H groups in total. The van der Waals surface area contributed by atoms with E-state index in [0.29, 0.717) is 18.0 Å². The number of anilines is 1. The first kappa shape index (κ1) is 15.7. The van der Waals surface area contributed by atoms with Crippen LogP contribution < -0.4 is 10.5 Å². The van der Waals surface area contributed by atoms with Gasteiger partial charge < -0.3 is 15.2 Å². The lowest BCUT2D eigenvalue weighted by atomic mass is 10.3. The van der Waals surface area contributed by atoms with Crippen LogP contribution >= 0.6 is 11.8 Å². The summed E-state index contributed by atoms with van der Waals surface area (Å²) in [7, 11) is 0. The second-order valence-electron chi connectivity index (χ2n) is 3.91. The Labute approximate surface area is 118 Å². The Morgan fingerprint density at radius 2 is 2.11 bits per heavy atom. The fraction of sp³-hybridized carbons (Fsp3) is 0.500. The van der Waals surface area contributed by atoms with Gasteiger partial charge in [-0.3, -0.25) is 4.79 Å². The van der Waals surface area contributed by atoms with E-state index in [-0.39, 0.29) is 19.0 Å². The van der Waals surface area contributed by atoms with Crippen LogP contribution in [0, 0.1) is 0 Å². The van der Waals surface area contributed by atoms with Crippen molar-refractivity contribution in [3.63, 3.8) is 0 Å². The molecule has 0 bridgehead atoms. The summed E-state index contributed by atoms with van der Waals surface area (Å²) in [6, 6.07) is 7.22. The zero-order chi connectivity index (χ0) is 13.9. The van der Waals surface area contributed by atoms with E-state index in [9.17, 15) is 4.79 Å². The minimum Gasteiger partial charge on any atom is -0.491 e. The molecule has 0 aliphatic rings. The highest BCUT2D eigenvalue weighted by Gasteiger charge is 2.04. The van der Waals surface area contributed by atoms with E-state index in [1.807, 2.05) is 23.9 Å². The zero-order valence-corrected chi connectivity index (χ0v) is 12.1. The van der Waals surface area contributed by atoms with Crippen LogP contribution in [0.25, 0.3) is 0 Å². The number of nitrogen functional groups attached to an aromatic ring is 1. The number of hydrogen-bond donors (Lipinski definition) is 1. The molecule has 0 aromatic heterocycles. The summed E-state index contributed by atoms with van der Waals surface area (Å²) in [5.41, 5.74) is 6.30. The molecule has 0 fully saturated rings. The van der Waals surface area contributed by atoms with E-state index in [4.69, 9.17) is 15.2 Å². The summed E-state index contributed by atoms with van der Waals surface area (Å²) in [6.45, 7) is 2.89. The summed E-state index contributed by atoms with van der Waals surface area (Å²) >= 11 is 1.85. The lowest BCUT2D eigenvalue weighted by Gasteiger charge is -2.08. The normalized spacial score (nSPS) is 10.2. The molecular formula is C14H21NO3S. The first-order chi connectivity index (χ1) is 9.24. The number of thioether (sulfide) groups is 1. The topological polar surface area (TPSA) is 61.5 Å². The van der Waals surface area contributed by atoms with Crippen molar-refractivity contribution < 1.29 is 14.3 Å². The van der Waals surface area contributed by atoms with Gasteiger partial charge in [-0.1, -0.05) is 19.1 Å². The van der Waals surface area contributed by atoms with Gasteiger partial charge in [0.2, 0.25) is 0 Å². The lowest BCUT2D eigenvalue weighted by molar-refractivity contribution is -0.144. The molecule has 0 saturated heterocycles. The van der Waals surface area contributed by atoms with E-state index in [1.165, 1.54) is 0 Å². The van der Waals surface area contributed by atoms with Crippen LogP contribution in [-0.2, 0) is 9.53 Å². The molecule has 1 aromatic rings. The third-order valence-electron chi connectivity index (χ3n) is 2.38. The predicted octanol–water partition coefficient (Wildman–Crippen LogP) is 2.72. The van der Waals surface area contributed by atoms with Crippen molar-refractivity contribution in [1.29, 1.82) is 0 Å². The maximum absolute atomic E-state index is 11.4. The van der Waals surface area contributed by atoms with Gasteiger partial charge in [-0.2, -0.15) is 11.8 Å². The molecule has 0 saturated carbocycles. The van der Waals surface area contributed by atoms with Gasteiger partial charge in [-0.25, -0.2) is 0 Å². The zero-order valence-electron chi connectivity index (χ0n) is 11.3. The Kier molecular flexibility index (Phi) is 7.89. The Bertz CT molecular complexity index is 385. The van der Waals surface area contributed by atoms with E-state index < -0.39 is 0 Å². The van der Waals surface area contributed by atoms with Crippen molar-refractivity contribution in [3.8, 4) is 5.75 Å². The van der Waals surface area contributed by atoms with Crippen molar-refractivity contribution in [2.45, 2.75) is 19.8 Å². The van der Waals surface area contributed by atoms with Gasteiger partial charge >= 0.3 is 5.97 Å². The lowest BCUT2D eigenvalue weighted by Crippen LogP contribution is -2.11. The summed E-state index contributed by atoms with van der Waals surface area (Å²) in [5.74, 6) is 2.51. The molecule has 1 rings (SSSR count). The smallest absolute Gasteiger partial charge is 0.309 e. The molecule has 106 valence electrons. The molecule has 0 heterocycles. The number of carbonyl (C=O) groups excluding carboxylic acids is 1. The van der Waals surface area contributed by atoms with Crippen LogP contribution in [-0.4, -0.2) is 30.7 Å². The van der Waals surface area contributed by atoms with Gasteiger partial charge in [0.25, 0.3) is 0 Å². The molecule has 0 aliphatic heterocycles. The van der Waals surface area contributed by atoms with Crippen LogP contribution in [0.1, 0.15) is 19.8 Å². The molecule has 0 unspecified atom stereocenters. The van der Waals surface area contributed by atoms with Crippen LogP contribution in [0.4, 0.5) is 5.69 Å². The van der Waals surface area contributed by atoms with Gasteiger partial charge in [0.1, 0.15) is 5.75 Å². The molecule has 0 amide bonds. The van der Waals surface area contributed by atoms with Gasteiger partial charge in [-0.05, 0) is 30.1 Å². The largest absolute Gasteiger partial charge is 0.491 e. The summed E-state index contributed by atoms with van der Waals surface area (Å²) < 4.78 is 10.5. The molecule has 5 heteroatoms. The van der Waals surface area contributed by atoms with Crippen molar-refractivity contribution in [2.75, 3.05) is 30.5 Å². The molecule has 1 aromatic carbocycles. The average molecular weight is 283 g/mol. The number of benzene rings is 1. The van der Waals surface area contributed by atoms with Gasteiger partial charge in [0.05, 0.1) is 25.3 Å². The maximum Gasteiger partial charge on any atom is 0.309 e. The second-order valence-corrected chi connectivity index (χ2v) is 5.30. The standard InChI is InChI=1S/C14H21NO3S/c1-2-19-11-5-9-18-14(16)8-10-17-13-7-4-3-6-12(13)15/h3-4,6-7H,2,5,8-11,15H2,1H3. The molecule has 0 atom stereocenters. The quantitative estimate of drug-likeness (QED) is 0.429. The number of ether oxygens (including phenoxy) is 2. The number of hydrogen-bond acceptors (Lipinski definition) is 5. The van der Waals surface area contributed by atoms with Crippen LogP contribution in [0.15, 0.2) is 24.3 Å². The number of para-hydroxylation sites is 2. The Morgan fingerprint density at radius 3 is 2.84 bits per heavy atom. The number of rotatable bonds is 9. The summed E-state index contributed by atoms with van der Waals surface area (Å²) in [4.78, 5) is 11.4. The van der Waals surface area contributed by atoms with Crippen molar-refractivity contribution in [2.24, 2.45) is 0 Å². The SMILES string of the molecule is CCSCCCOC(=O)CCOc1ccccc1N. The Hall–Kier alpha value is -1.36. The van der Waals surface area contributed by atoms with Crippen LogP contribution in [0.5, 0.6) is 5.75 Å². The van der Waals surface area contributed by atoms with Crippen LogP contribution in [0.2, 0.25) is 0 Å². The molecular weight excluding hydrogens is 262 g/mol. The predicted molar refractivity (Wildman–Crippen MR) is 79.5 cm³/mol. The Morgan fingerprint density at radius 1 is 1.32 bits per heavy atom. The molecule has 0 radical (unpaired) electrons. The minimum absolute atomic E-state index is 0.226. The van der Waals surface area contributed by atoms with E-state index in [2.05, 4.69) is 6.92 Å². The molecule has 19 heavy (non-hydrogen) atoms. The minimum atomic E-state index is -0.226. The number of esters is 1. The van der Waals surface area contributed by atoms with E-state index in [1.54, 1.807) is 12.1 Å². The fourth-order valence-corrected chi connectivity index (χ4v) is 2.03. The summed E-state index contributed by atoms with van der Waals surface area (Å²) in [6.07, 6.45) is 1.14. The maximum atomic E-state index is 11.4. The average Bonchev–Trinajstić information content (AvgIpc) is 2.41. The monoisotopic (exact) mass is 283 g/mol. The third kappa shape index (κ3) is 6.96. The van der Waals surface area contributed by atoms with Crippen LogP contribution in [0.3, 0.4) is 0 Å². The first-order valence-electron chi connectivity index (χ1n) is 6.44. The van der Waals surface area contributed by atoms with Crippen molar-refractivity contribution in [1.82, 2.24) is 0 Å². The highest BCUT2D eigenvalue weighted by Crippen LogP contribution is 2.19. The molecule has 0 aliphatic carbocycles. The van der Waals surface area contributed by atoms with E-state index >= 15 is 0 Å². The summed E-state index contributed by atoms with van der Waals surface area (Å²) in [5, 5.41) is 0. The van der Waals surface area contributed by atoms with Gasteiger partial charge in [0.15, 0.2) is 0 Å². The van der Waals surface area contributed by atoms with E-state index in [0.717, 1.165) is 17.9 Å². The highest BCUT2D eigenvalue weighted by molar-refractivity contribution is 7.99. The van der Waals surface area contributed by atoms with Crippen molar-refractivity contribution in [3.05, 3.63) is 24.3 Å². The second kappa shape index (κ2) is 9.55. The number of carbonyl (C=O) groups is 1. The molecule has 0 spiro atoms. The fourth-order valence-electron chi connectivity index (χ4n) is 1.42. The number of nitrogens with two attached hydrogens (primary N) is 1. The van der Waals surface area contributed by atoms with Crippen molar-refractivity contribution >= 4 is 23.4 Å². The highest BCUT2D eigenvalue weighted by atomic mass is 32.2. The third-order valence-corrected chi connectivity index (χ3v) is 3.37. The Balaban J connectivity index is 2.09. The van der Waals surface area contributed by atoms with Gasteiger partial charge in [-0.15, -0.1) is 0 Å². The first-order valence-corrected chi connectivity index (χ1v) is 7.60.